The molecular formula is C17H28FNO2. The number of aliphatic hydroxyl groups is 1. The number of hydrogen-bond donors (Lipinski definition) is 1. The van der Waals surface area contributed by atoms with Gasteiger partial charge >= 0.3 is 0 Å². The Labute approximate surface area is 127 Å². The first-order valence-electron chi connectivity index (χ1n) is 7.74. The van der Waals surface area contributed by atoms with Crippen LogP contribution in [0.1, 0.15) is 32.8 Å². The Morgan fingerprint density at radius 3 is 2.57 bits per heavy atom. The molecule has 21 heavy (non-hydrogen) atoms. The van der Waals surface area contributed by atoms with Gasteiger partial charge in [0.05, 0.1) is 12.7 Å². The van der Waals surface area contributed by atoms with Crippen LogP contribution in [0.4, 0.5) is 4.39 Å². The van der Waals surface area contributed by atoms with Crippen LogP contribution in [0, 0.1) is 11.7 Å². The largest absolute Gasteiger partial charge is 0.389 e. The first-order chi connectivity index (χ1) is 10.0. The molecular weight excluding hydrogens is 269 g/mol. The van der Waals surface area contributed by atoms with Gasteiger partial charge in [-0.2, -0.15) is 0 Å². The molecule has 1 unspecified atom stereocenters. The van der Waals surface area contributed by atoms with Gasteiger partial charge in [-0.25, -0.2) is 4.39 Å². The molecule has 0 aliphatic rings. The number of benzene rings is 1. The zero-order valence-corrected chi connectivity index (χ0v) is 13.4. The lowest BCUT2D eigenvalue weighted by molar-refractivity contribution is 0.00678. The number of hydrogen-bond acceptors (Lipinski definition) is 3. The van der Waals surface area contributed by atoms with Crippen LogP contribution in [0.15, 0.2) is 24.3 Å². The average Bonchev–Trinajstić information content (AvgIpc) is 2.41. The molecule has 0 amide bonds. The summed E-state index contributed by atoms with van der Waals surface area (Å²) in [5.41, 5.74) is 0.668. The fourth-order valence-corrected chi connectivity index (χ4v) is 2.21. The Morgan fingerprint density at radius 1 is 1.24 bits per heavy atom. The number of halogens is 1. The summed E-state index contributed by atoms with van der Waals surface area (Å²) in [6.07, 6.45) is 0.427. The van der Waals surface area contributed by atoms with Crippen LogP contribution in [0.2, 0.25) is 0 Å². The predicted octanol–water partition coefficient (Wildman–Crippen LogP) is 3.07. The zero-order valence-electron chi connectivity index (χ0n) is 13.4. The Morgan fingerprint density at radius 2 is 1.95 bits per heavy atom. The Kier molecular flexibility index (Phi) is 8.50. The maximum atomic E-state index is 13.7. The predicted molar refractivity (Wildman–Crippen MR) is 83.6 cm³/mol. The third kappa shape index (κ3) is 7.55. The molecule has 4 heteroatoms. The molecule has 0 spiro atoms. The topological polar surface area (TPSA) is 32.7 Å². The molecule has 3 nitrogen and oxygen atoms in total. The number of rotatable bonds is 10. The summed E-state index contributed by atoms with van der Waals surface area (Å²) in [4.78, 5) is 2.07. The van der Waals surface area contributed by atoms with Crippen molar-refractivity contribution < 1.29 is 14.2 Å². The van der Waals surface area contributed by atoms with Crippen LogP contribution in [0.5, 0.6) is 0 Å². The minimum atomic E-state index is -0.540. The molecule has 0 bridgehead atoms. The van der Waals surface area contributed by atoms with E-state index in [1.807, 2.05) is 6.07 Å². The summed E-state index contributed by atoms with van der Waals surface area (Å²) in [5.74, 6) is 0.270. The molecule has 1 N–H and O–H groups in total. The summed E-state index contributed by atoms with van der Waals surface area (Å²) in [6, 6.07) is 6.80. The number of aliphatic hydroxyl groups excluding tert-OH is 1. The van der Waals surface area contributed by atoms with Crippen molar-refractivity contribution in [3.63, 3.8) is 0 Å². The summed E-state index contributed by atoms with van der Waals surface area (Å²) < 4.78 is 19.2. The third-order valence-corrected chi connectivity index (χ3v) is 3.12. The molecule has 1 aromatic carbocycles. The van der Waals surface area contributed by atoms with E-state index < -0.39 is 6.10 Å². The van der Waals surface area contributed by atoms with E-state index in [1.54, 1.807) is 12.1 Å². The highest BCUT2D eigenvalue weighted by atomic mass is 19.1. The minimum Gasteiger partial charge on any atom is -0.389 e. The van der Waals surface area contributed by atoms with Gasteiger partial charge < -0.3 is 9.84 Å². The normalized spacial score (nSPS) is 13.1. The van der Waals surface area contributed by atoms with Gasteiger partial charge in [0, 0.05) is 25.3 Å². The smallest absolute Gasteiger partial charge is 0.127 e. The van der Waals surface area contributed by atoms with Gasteiger partial charge in [-0.3, -0.25) is 4.90 Å². The van der Waals surface area contributed by atoms with Crippen molar-refractivity contribution in [3.05, 3.63) is 35.6 Å². The van der Waals surface area contributed by atoms with Crippen LogP contribution >= 0.6 is 0 Å². The Balaban J connectivity index is 2.47. The fourth-order valence-electron chi connectivity index (χ4n) is 2.21. The van der Waals surface area contributed by atoms with Crippen molar-refractivity contribution >= 4 is 0 Å². The fraction of sp³-hybridized carbons (Fsp3) is 0.647. The maximum Gasteiger partial charge on any atom is 0.127 e. The number of nitrogens with zero attached hydrogens (tertiary/aromatic N) is 1. The van der Waals surface area contributed by atoms with Gasteiger partial charge in [-0.05, 0) is 24.9 Å². The highest BCUT2D eigenvalue weighted by Crippen LogP contribution is 2.11. The van der Waals surface area contributed by atoms with Gasteiger partial charge in [0.2, 0.25) is 0 Å². The second-order valence-electron chi connectivity index (χ2n) is 5.91. The molecule has 120 valence electrons. The molecule has 0 aliphatic carbocycles. The van der Waals surface area contributed by atoms with Crippen LogP contribution in [-0.2, 0) is 11.3 Å². The summed E-state index contributed by atoms with van der Waals surface area (Å²) in [7, 11) is 0. The van der Waals surface area contributed by atoms with Gasteiger partial charge in [-0.15, -0.1) is 0 Å². The highest BCUT2D eigenvalue weighted by Gasteiger charge is 2.13. The van der Waals surface area contributed by atoms with E-state index in [0.717, 1.165) is 13.0 Å². The SMILES string of the molecule is CCCN(Cc1ccccc1F)CC(O)COCC(C)C. The molecule has 0 aromatic heterocycles. The zero-order chi connectivity index (χ0) is 15.7. The Bertz CT molecular complexity index is 398. The van der Waals surface area contributed by atoms with Crippen LogP contribution < -0.4 is 0 Å². The van der Waals surface area contributed by atoms with Crippen molar-refractivity contribution in [1.29, 1.82) is 0 Å². The molecule has 0 aliphatic heterocycles. The van der Waals surface area contributed by atoms with E-state index in [0.29, 0.717) is 37.8 Å². The van der Waals surface area contributed by atoms with Gasteiger partial charge in [0.25, 0.3) is 0 Å². The highest BCUT2D eigenvalue weighted by molar-refractivity contribution is 5.17. The molecule has 0 radical (unpaired) electrons. The van der Waals surface area contributed by atoms with E-state index in [4.69, 9.17) is 4.74 Å². The van der Waals surface area contributed by atoms with Crippen molar-refractivity contribution in [2.45, 2.75) is 39.8 Å². The van der Waals surface area contributed by atoms with Crippen LogP contribution in [0.25, 0.3) is 0 Å². The van der Waals surface area contributed by atoms with E-state index in [2.05, 4.69) is 25.7 Å². The lowest BCUT2D eigenvalue weighted by Gasteiger charge is -2.25. The monoisotopic (exact) mass is 297 g/mol. The molecule has 0 saturated carbocycles. The molecule has 1 aromatic rings. The lowest BCUT2D eigenvalue weighted by atomic mass is 10.2. The van der Waals surface area contributed by atoms with E-state index >= 15 is 0 Å². The van der Waals surface area contributed by atoms with E-state index in [9.17, 15) is 9.50 Å². The van der Waals surface area contributed by atoms with E-state index in [1.165, 1.54) is 6.07 Å². The molecule has 1 atom stereocenters. The first kappa shape index (κ1) is 18.1. The summed E-state index contributed by atoms with van der Waals surface area (Å²) in [5, 5.41) is 10.0. The van der Waals surface area contributed by atoms with Gasteiger partial charge in [0.15, 0.2) is 0 Å². The quantitative estimate of drug-likeness (QED) is 0.720. The molecule has 0 heterocycles. The lowest BCUT2D eigenvalue weighted by Crippen LogP contribution is -2.35. The van der Waals surface area contributed by atoms with Crippen LogP contribution in [0.3, 0.4) is 0 Å². The van der Waals surface area contributed by atoms with Crippen molar-refractivity contribution in [2.75, 3.05) is 26.3 Å². The average molecular weight is 297 g/mol. The van der Waals surface area contributed by atoms with E-state index in [-0.39, 0.29) is 5.82 Å². The molecule has 0 saturated heterocycles. The number of ether oxygens (including phenoxy) is 1. The third-order valence-electron chi connectivity index (χ3n) is 3.12. The first-order valence-corrected chi connectivity index (χ1v) is 7.74. The van der Waals surface area contributed by atoms with Gasteiger partial charge in [0.1, 0.15) is 5.82 Å². The van der Waals surface area contributed by atoms with Crippen molar-refractivity contribution in [2.24, 2.45) is 5.92 Å². The van der Waals surface area contributed by atoms with Gasteiger partial charge in [-0.1, -0.05) is 39.0 Å². The molecule has 0 fully saturated rings. The van der Waals surface area contributed by atoms with Crippen LogP contribution in [-0.4, -0.2) is 42.4 Å². The molecule has 1 rings (SSSR count). The van der Waals surface area contributed by atoms with Crippen molar-refractivity contribution in [3.8, 4) is 0 Å². The van der Waals surface area contributed by atoms with Crippen molar-refractivity contribution in [1.82, 2.24) is 4.90 Å². The maximum absolute atomic E-state index is 13.7. The standard InChI is InChI=1S/C17H28FNO2/c1-4-9-19(10-15-7-5-6-8-17(15)18)11-16(20)13-21-12-14(2)3/h5-8,14,16,20H,4,9-13H2,1-3H3. The second kappa shape index (κ2) is 9.87. The Hall–Kier alpha value is -0.970. The minimum absolute atomic E-state index is 0.191. The second-order valence-corrected chi connectivity index (χ2v) is 5.91. The summed E-state index contributed by atoms with van der Waals surface area (Å²) >= 11 is 0. The summed E-state index contributed by atoms with van der Waals surface area (Å²) in [6.45, 7) is 9.06.